The second kappa shape index (κ2) is 6.43. The number of carbonyl (C=O) groups excluding carboxylic acids is 1. The molecule has 0 aromatic heterocycles. The van der Waals surface area contributed by atoms with Crippen LogP contribution in [0, 0.1) is 5.92 Å². The van der Waals surface area contributed by atoms with Crippen LogP contribution < -0.4 is 15.4 Å². The zero-order chi connectivity index (χ0) is 13.7. The van der Waals surface area contributed by atoms with Crippen LogP contribution in [0.5, 0.6) is 5.75 Å². The molecule has 1 amide bonds. The van der Waals surface area contributed by atoms with Crippen LogP contribution in [0.4, 0.5) is 11.4 Å². The van der Waals surface area contributed by atoms with Gasteiger partial charge < -0.3 is 20.1 Å². The maximum Gasteiger partial charge on any atom is 0.221 e. The Morgan fingerprint density at radius 2 is 2.37 bits per heavy atom. The lowest BCUT2D eigenvalue weighted by Gasteiger charge is -2.14. The number of hydrogen-bond acceptors (Lipinski definition) is 4. The Morgan fingerprint density at radius 3 is 3.00 bits per heavy atom. The molecular weight excluding hydrogens is 244 g/mol. The standard InChI is InChI=1S/C14H20N2O3/c1-10(17)16-13-4-3-12(7-14(13)18-2)15-8-11-5-6-19-9-11/h3-4,7,11,15H,5-6,8-9H2,1-2H3,(H,16,17). The first-order chi connectivity index (χ1) is 9.19. The molecule has 1 aliphatic rings. The van der Waals surface area contributed by atoms with E-state index in [1.54, 1.807) is 7.11 Å². The lowest BCUT2D eigenvalue weighted by Crippen LogP contribution is -2.14. The second-order valence-electron chi connectivity index (χ2n) is 4.71. The molecule has 1 saturated heterocycles. The minimum absolute atomic E-state index is 0.109. The average molecular weight is 264 g/mol. The summed E-state index contributed by atoms with van der Waals surface area (Å²) in [6.07, 6.45) is 1.11. The Balaban J connectivity index is 1.99. The summed E-state index contributed by atoms with van der Waals surface area (Å²) in [6.45, 7) is 4.06. The van der Waals surface area contributed by atoms with Crippen molar-refractivity contribution in [3.8, 4) is 5.75 Å². The van der Waals surface area contributed by atoms with Gasteiger partial charge in [-0.25, -0.2) is 0 Å². The second-order valence-corrected chi connectivity index (χ2v) is 4.71. The summed E-state index contributed by atoms with van der Waals surface area (Å²) in [4.78, 5) is 11.1. The van der Waals surface area contributed by atoms with Gasteiger partial charge in [-0.3, -0.25) is 4.79 Å². The molecule has 1 aromatic rings. The van der Waals surface area contributed by atoms with Crippen molar-refractivity contribution in [2.45, 2.75) is 13.3 Å². The highest BCUT2D eigenvalue weighted by atomic mass is 16.5. The maximum absolute atomic E-state index is 11.1. The summed E-state index contributed by atoms with van der Waals surface area (Å²) >= 11 is 0. The number of methoxy groups -OCH3 is 1. The van der Waals surface area contributed by atoms with Crippen LogP contribution in [0.25, 0.3) is 0 Å². The van der Waals surface area contributed by atoms with E-state index in [0.29, 0.717) is 17.4 Å². The first-order valence-electron chi connectivity index (χ1n) is 6.46. The van der Waals surface area contributed by atoms with Crippen molar-refractivity contribution in [1.29, 1.82) is 0 Å². The van der Waals surface area contributed by atoms with E-state index < -0.39 is 0 Å². The summed E-state index contributed by atoms with van der Waals surface area (Å²) in [5, 5.41) is 6.11. The molecule has 0 spiro atoms. The molecule has 0 aliphatic carbocycles. The van der Waals surface area contributed by atoms with Gasteiger partial charge in [-0.05, 0) is 18.6 Å². The van der Waals surface area contributed by atoms with Crippen molar-refractivity contribution in [1.82, 2.24) is 0 Å². The molecule has 1 atom stereocenters. The average Bonchev–Trinajstić information content (AvgIpc) is 2.90. The van der Waals surface area contributed by atoms with Gasteiger partial charge in [-0.15, -0.1) is 0 Å². The van der Waals surface area contributed by atoms with Crippen LogP contribution in [0.1, 0.15) is 13.3 Å². The third kappa shape index (κ3) is 3.86. The van der Waals surface area contributed by atoms with Gasteiger partial charge in [0.15, 0.2) is 0 Å². The maximum atomic E-state index is 11.1. The van der Waals surface area contributed by atoms with Gasteiger partial charge in [0, 0.05) is 37.7 Å². The fourth-order valence-electron chi connectivity index (χ4n) is 2.10. The number of nitrogens with one attached hydrogen (secondary N) is 2. The highest BCUT2D eigenvalue weighted by Gasteiger charge is 2.15. The van der Waals surface area contributed by atoms with Crippen molar-refractivity contribution in [2.24, 2.45) is 5.92 Å². The van der Waals surface area contributed by atoms with Crippen LogP contribution in [-0.4, -0.2) is 32.8 Å². The Morgan fingerprint density at radius 1 is 1.53 bits per heavy atom. The molecule has 0 radical (unpaired) electrons. The normalized spacial score (nSPS) is 18.1. The van der Waals surface area contributed by atoms with Gasteiger partial charge >= 0.3 is 0 Å². The number of benzene rings is 1. The largest absolute Gasteiger partial charge is 0.494 e. The molecule has 1 aromatic carbocycles. The molecule has 0 saturated carbocycles. The van der Waals surface area contributed by atoms with Gasteiger partial charge in [0.25, 0.3) is 0 Å². The predicted octanol–water partition coefficient (Wildman–Crippen LogP) is 2.10. The van der Waals surface area contributed by atoms with E-state index in [-0.39, 0.29) is 5.91 Å². The van der Waals surface area contributed by atoms with Crippen molar-refractivity contribution in [2.75, 3.05) is 37.5 Å². The highest BCUT2D eigenvalue weighted by Crippen LogP contribution is 2.28. The van der Waals surface area contributed by atoms with Gasteiger partial charge in [0.1, 0.15) is 5.75 Å². The number of carbonyl (C=O) groups is 1. The molecular formula is C14H20N2O3. The van der Waals surface area contributed by atoms with Gasteiger partial charge in [-0.2, -0.15) is 0 Å². The molecule has 1 aliphatic heterocycles. The molecule has 19 heavy (non-hydrogen) atoms. The van der Waals surface area contributed by atoms with Gasteiger partial charge in [-0.1, -0.05) is 0 Å². The summed E-state index contributed by atoms with van der Waals surface area (Å²) in [6, 6.07) is 5.67. The number of amides is 1. The molecule has 2 rings (SSSR count). The summed E-state index contributed by atoms with van der Waals surface area (Å²) < 4.78 is 10.6. The van der Waals surface area contributed by atoms with E-state index in [2.05, 4.69) is 10.6 Å². The Hall–Kier alpha value is -1.75. The molecule has 1 heterocycles. The quantitative estimate of drug-likeness (QED) is 0.855. The first kappa shape index (κ1) is 13.7. The smallest absolute Gasteiger partial charge is 0.221 e. The fraction of sp³-hybridized carbons (Fsp3) is 0.500. The number of rotatable bonds is 5. The van der Waals surface area contributed by atoms with E-state index >= 15 is 0 Å². The number of anilines is 2. The van der Waals surface area contributed by atoms with Crippen LogP contribution >= 0.6 is 0 Å². The zero-order valence-electron chi connectivity index (χ0n) is 11.4. The Labute approximate surface area is 113 Å². The van der Waals surface area contributed by atoms with E-state index in [1.165, 1.54) is 6.92 Å². The van der Waals surface area contributed by atoms with Crippen LogP contribution in [-0.2, 0) is 9.53 Å². The number of ether oxygens (including phenoxy) is 2. The molecule has 1 fully saturated rings. The molecule has 104 valence electrons. The van der Waals surface area contributed by atoms with Crippen molar-refractivity contribution in [3.63, 3.8) is 0 Å². The van der Waals surface area contributed by atoms with Crippen LogP contribution in [0.15, 0.2) is 18.2 Å². The lowest BCUT2D eigenvalue weighted by molar-refractivity contribution is -0.114. The molecule has 0 bridgehead atoms. The molecule has 1 unspecified atom stereocenters. The van der Waals surface area contributed by atoms with Gasteiger partial charge in [0.2, 0.25) is 5.91 Å². The topological polar surface area (TPSA) is 59.6 Å². The summed E-state index contributed by atoms with van der Waals surface area (Å²) in [7, 11) is 1.59. The zero-order valence-corrected chi connectivity index (χ0v) is 11.4. The SMILES string of the molecule is COc1cc(NCC2CCOC2)ccc1NC(C)=O. The molecule has 5 heteroatoms. The van der Waals surface area contributed by atoms with E-state index in [1.807, 2.05) is 18.2 Å². The number of hydrogen-bond donors (Lipinski definition) is 2. The van der Waals surface area contributed by atoms with Crippen molar-refractivity contribution < 1.29 is 14.3 Å². The van der Waals surface area contributed by atoms with E-state index in [4.69, 9.17) is 9.47 Å². The monoisotopic (exact) mass is 264 g/mol. The minimum atomic E-state index is -0.109. The molecule has 2 N–H and O–H groups in total. The highest BCUT2D eigenvalue weighted by molar-refractivity contribution is 5.90. The minimum Gasteiger partial charge on any atom is -0.494 e. The molecule has 5 nitrogen and oxygen atoms in total. The van der Waals surface area contributed by atoms with E-state index in [9.17, 15) is 4.79 Å². The van der Waals surface area contributed by atoms with Crippen LogP contribution in [0.3, 0.4) is 0 Å². The third-order valence-corrected chi connectivity index (χ3v) is 3.13. The summed E-state index contributed by atoms with van der Waals surface area (Å²) in [5.74, 6) is 1.12. The van der Waals surface area contributed by atoms with E-state index in [0.717, 1.165) is 31.9 Å². The summed E-state index contributed by atoms with van der Waals surface area (Å²) in [5.41, 5.74) is 1.67. The van der Waals surface area contributed by atoms with Gasteiger partial charge in [0.05, 0.1) is 19.4 Å². The third-order valence-electron chi connectivity index (χ3n) is 3.13. The van der Waals surface area contributed by atoms with Crippen LogP contribution in [0.2, 0.25) is 0 Å². The fourth-order valence-corrected chi connectivity index (χ4v) is 2.10. The Kier molecular flexibility index (Phi) is 4.63. The first-order valence-corrected chi connectivity index (χ1v) is 6.46. The van der Waals surface area contributed by atoms with Crippen molar-refractivity contribution >= 4 is 17.3 Å². The Bertz CT molecular complexity index is 442. The predicted molar refractivity (Wildman–Crippen MR) is 74.7 cm³/mol. The lowest BCUT2D eigenvalue weighted by atomic mass is 10.1. The van der Waals surface area contributed by atoms with Crippen molar-refractivity contribution in [3.05, 3.63) is 18.2 Å².